The topological polar surface area (TPSA) is 16.4 Å². The monoisotopic (exact) mass is 745 g/mol. The van der Waals surface area contributed by atoms with Crippen LogP contribution in [0.25, 0.3) is 86.6 Å². The summed E-state index contributed by atoms with van der Waals surface area (Å²) in [7, 11) is 0. The van der Waals surface area contributed by atoms with Crippen molar-refractivity contribution in [1.29, 1.82) is 0 Å². The number of furan rings is 1. The minimum absolute atomic E-state index is 0.857. The van der Waals surface area contributed by atoms with Gasteiger partial charge in [0, 0.05) is 42.3 Å². The molecule has 0 aliphatic rings. The highest BCUT2D eigenvalue weighted by Gasteiger charge is 2.22. The van der Waals surface area contributed by atoms with Gasteiger partial charge in [-0.15, -0.1) is 11.3 Å². The number of hydrogen-bond donors (Lipinski definition) is 0. The van der Waals surface area contributed by atoms with Gasteiger partial charge in [-0.25, -0.2) is 0 Å². The van der Waals surface area contributed by atoms with Crippen LogP contribution in [0.4, 0.5) is 17.1 Å². The minimum atomic E-state index is 0.857. The summed E-state index contributed by atoms with van der Waals surface area (Å²) in [6.07, 6.45) is 0. The van der Waals surface area contributed by atoms with Crippen molar-refractivity contribution in [2.75, 3.05) is 4.90 Å². The minimum Gasteiger partial charge on any atom is -0.454 e. The van der Waals surface area contributed by atoms with Crippen molar-refractivity contribution in [3.8, 4) is 44.5 Å². The van der Waals surface area contributed by atoms with Gasteiger partial charge in [-0.1, -0.05) is 158 Å². The largest absolute Gasteiger partial charge is 0.454 e. The lowest BCUT2D eigenvalue weighted by Crippen LogP contribution is -2.10. The zero-order valence-electron chi connectivity index (χ0n) is 31.0. The molecule has 3 heteroatoms. The van der Waals surface area contributed by atoms with Crippen molar-refractivity contribution in [2.24, 2.45) is 0 Å². The maximum Gasteiger partial charge on any atom is 0.160 e. The van der Waals surface area contributed by atoms with Crippen molar-refractivity contribution in [1.82, 2.24) is 0 Å². The average molecular weight is 746 g/mol. The molecule has 0 amide bonds. The van der Waals surface area contributed by atoms with Gasteiger partial charge in [-0.2, -0.15) is 0 Å². The van der Waals surface area contributed by atoms with Gasteiger partial charge in [0.05, 0.1) is 5.69 Å². The summed E-state index contributed by atoms with van der Waals surface area (Å²) in [6.45, 7) is 0. The van der Waals surface area contributed by atoms with E-state index in [4.69, 9.17) is 4.42 Å². The lowest BCUT2D eigenvalue weighted by Gasteiger charge is -2.26. The van der Waals surface area contributed by atoms with Crippen LogP contribution in [0.5, 0.6) is 0 Å². The molecule has 0 saturated carbocycles. The molecule has 268 valence electrons. The number of para-hydroxylation sites is 1. The molecule has 0 bridgehead atoms. The quantitative estimate of drug-likeness (QED) is 0.162. The number of benzene rings is 9. The van der Waals surface area contributed by atoms with E-state index in [-0.39, 0.29) is 0 Å². The van der Waals surface area contributed by atoms with Crippen LogP contribution in [0.3, 0.4) is 0 Å². The maximum absolute atomic E-state index is 6.85. The number of hydrogen-bond acceptors (Lipinski definition) is 3. The second kappa shape index (κ2) is 13.8. The van der Waals surface area contributed by atoms with Crippen LogP contribution >= 0.6 is 11.3 Å². The second-order valence-electron chi connectivity index (χ2n) is 14.5. The lowest BCUT2D eigenvalue weighted by atomic mass is 9.97. The predicted octanol–water partition coefficient (Wildman–Crippen LogP) is 16.1. The van der Waals surface area contributed by atoms with Gasteiger partial charge in [0.15, 0.2) is 5.58 Å². The van der Waals surface area contributed by atoms with E-state index in [2.05, 4.69) is 211 Å². The molecule has 0 aliphatic heterocycles. The van der Waals surface area contributed by atoms with E-state index in [0.29, 0.717) is 0 Å². The lowest BCUT2D eigenvalue weighted by molar-refractivity contribution is 0.669. The SMILES string of the molecule is c1ccc(-c2cccc(-c3ccc(N(c4ccc(-c5cccc6sc7ccccc7c56)cc4)c4ccc(-c5ccccc5)c5c4oc4ccccc45)cc3)c2)cc1. The third-order valence-corrected chi connectivity index (χ3v) is 12.2. The highest BCUT2D eigenvalue weighted by Crippen LogP contribution is 2.47. The Hall–Kier alpha value is -7.20. The van der Waals surface area contributed by atoms with Crippen molar-refractivity contribution in [3.63, 3.8) is 0 Å². The number of thiophene rings is 1. The smallest absolute Gasteiger partial charge is 0.160 e. The fourth-order valence-corrected chi connectivity index (χ4v) is 9.53. The van der Waals surface area contributed by atoms with Gasteiger partial charge in [-0.05, 0) is 99.1 Å². The van der Waals surface area contributed by atoms with Gasteiger partial charge in [0.2, 0.25) is 0 Å². The summed E-state index contributed by atoms with van der Waals surface area (Å²) in [5.74, 6) is 0. The first kappa shape index (κ1) is 33.2. The van der Waals surface area contributed by atoms with Crippen LogP contribution < -0.4 is 4.90 Å². The molecule has 0 N–H and O–H groups in total. The molecule has 0 saturated heterocycles. The molecule has 2 nitrogen and oxygen atoms in total. The molecular formula is C54H35NOS. The fourth-order valence-electron chi connectivity index (χ4n) is 8.39. The van der Waals surface area contributed by atoms with Gasteiger partial charge in [0.25, 0.3) is 0 Å². The fraction of sp³-hybridized carbons (Fsp3) is 0. The van der Waals surface area contributed by atoms with E-state index in [1.807, 2.05) is 17.4 Å². The molecule has 0 atom stereocenters. The summed E-state index contributed by atoms with van der Waals surface area (Å²) in [5, 5.41) is 4.84. The Labute approximate surface area is 335 Å². The molecule has 2 aromatic heterocycles. The van der Waals surface area contributed by atoms with Crippen LogP contribution in [0.2, 0.25) is 0 Å². The Morgan fingerprint density at radius 3 is 1.61 bits per heavy atom. The molecule has 11 aromatic rings. The van der Waals surface area contributed by atoms with Crippen LogP contribution in [0.15, 0.2) is 217 Å². The van der Waals surface area contributed by atoms with Crippen LogP contribution in [0, 0.1) is 0 Å². The Kier molecular flexibility index (Phi) is 8.04. The molecule has 11 rings (SSSR count). The Morgan fingerprint density at radius 1 is 0.351 bits per heavy atom. The summed E-state index contributed by atoms with van der Waals surface area (Å²) < 4.78 is 9.47. The van der Waals surface area contributed by atoms with E-state index >= 15 is 0 Å². The zero-order chi connectivity index (χ0) is 37.7. The summed E-state index contributed by atoms with van der Waals surface area (Å²) in [5.41, 5.74) is 14.3. The predicted molar refractivity (Wildman–Crippen MR) is 243 cm³/mol. The first-order chi connectivity index (χ1) is 28.3. The molecule has 0 spiro atoms. The standard InChI is InChI=1S/C54H35NOS/c1-3-13-36(14-4-1)40-17-11-18-41(35-40)37-25-29-42(30-26-37)55(43-31-27-39(28-32-43)44-21-12-24-51-52(44)47-20-8-10-23-50(47)57-51)48-34-33-45(38-15-5-2-6-16-38)53-46-19-7-9-22-49(46)56-54(48)53/h1-35H. The van der Waals surface area contributed by atoms with E-state index in [1.54, 1.807) is 0 Å². The highest BCUT2D eigenvalue weighted by atomic mass is 32.1. The molecule has 0 fully saturated rings. The highest BCUT2D eigenvalue weighted by molar-refractivity contribution is 7.25. The Bertz CT molecular complexity index is 3210. The maximum atomic E-state index is 6.85. The molecule has 2 heterocycles. The zero-order valence-corrected chi connectivity index (χ0v) is 31.8. The molecule has 0 radical (unpaired) electrons. The normalized spacial score (nSPS) is 11.5. The number of anilines is 3. The van der Waals surface area contributed by atoms with Gasteiger partial charge in [-0.3, -0.25) is 0 Å². The molecule has 0 unspecified atom stereocenters. The van der Waals surface area contributed by atoms with Gasteiger partial charge in [0.1, 0.15) is 5.58 Å². The van der Waals surface area contributed by atoms with E-state index in [1.165, 1.54) is 48.0 Å². The van der Waals surface area contributed by atoms with E-state index in [9.17, 15) is 0 Å². The molecule has 0 aliphatic carbocycles. The molecule has 57 heavy (non-hydrogen) atoms. The number of nitrogens with zero attached hydrogens (tertiary/aromatic N) is 1. The average Bonchev–Trinajstić information content (AvgIpc) is 3.87. The van der Waals surface area contributed by atoms with Crippen LogP contribution in [-0.4, -0.2) is 0 Å². The first-order valence-corrected chi connectivity index (χ1v) is 20.1. The number of fused-ring (bicyclic) bond motifs is 6. The Morgan fingerprint density at radius 2 is 0.877 bits per heavy atom. The third kappa shape index (κ3) is 5.80. The molecular weight excluding hydrogens is 711 g/mol. The second-order valence-corrected chi connectivity index (χ2v) is 15.5. The van der Waals surface area contributed by atoms with Crippen molar-refractivity contribution in [2.45, 2.75) is 0 Å². The summed E-state index contributed by atoms with van der Waals surface area (Å²) >= 11 is 1.86. The van der Waals surface area contributed by atoms with Crippen molar-refractivity contribution < 1.29 is 4.42 Å². The number of rotatable bonds is 7. The van der Waals surface area contributed by atoms with Crippen LogP contribution in [-0.2, 0) is 0 Å². The Balaban J connectivity index is 1.07. The van der Waals surface area contributed by atoms with Crippen LogP contribution in [0.1, 0.15) is 0 Å². The summed E-state index contributed by atoms with van der Waals surface area (Å²) in [6, 6.07) is 76.2. The van der Waals surface area contributed by atoms with Crippen molar-refractivity contribution >= 4 is 70.5 Å². The third-order valence-electron chi connectivity index (χ3n) is 11.1. The van der Waals surface area contributed by atoms with Gasteiger partial charge >= 0.3 is 0 Å². The molecule has 9 aromatic carbocycles. The van der Waals surface area contributed by atoms with E-state index < -0.39 is 0 Å². The van der Waals surface area contributed by atoms with Crippen molar-refractivity contribution in [3.05, 3.63) is 212 Å². The first-order valence-electron chi connectivity index (χ1n) is 19.3. The van der Waals surface area contributed by atoms with E-state index in [0.717, 1.165) is 55.7 Å². The summed E-state index contributed by atoms with van der Waals surface area (Å²) in [4.78, 5) is 2.34. The van der Waals surface area contributed by atoms with Gasteiger partial charge < -0.3 is 9.32 Å².